The minimum Gasteiger partial charge on any atom is -0.484 e. The molecule has 2 rings (SSSR count). The first-order valence-corrected chi connectivity index (χ1v) is 6.79. The molecular formula is C15H22N2O2. The Labute approximate surface area is 114 Å². The molecule has 0 aliphatic heterocycles. The number of ether oxygens (including phenoxy) is 1. The molecule has 1 aromatic rings. The number of nitrogens with two attached hydrogens (primary N) is 1. The van der Waals surface area contributed by atoms with Crippen molar-refractivity contribution in [2.24, 2.45) is 11.7 Å². The molecule has 1 aliphatic rings. The molecule has 1 aliphatic carbocycles. The molecule has 0 spiro atoms. The SMILES string of the molecule is CC(C1CC1)N(C)C(=O)COc1ccc(CN)cc1. The Hall–Kier alpha value is -1.55. The highest BCUT2D eigenvalue weighted by molar-refractivity contribution is 5.77. The van der Waals surface area contributed by atoms with Gasteiger partial charge in [-0.2, -0.15) is 0 Å². The predicted octanol–water partition coefficient (Wildman–Crippen LogP) is 1.78. The third-order valence-corrected chi connectivity index (χ3v) is 3.83. The van der Waals surface area contributed by atoms with Crippen LogP contribution in [-0.2, 0) is 11.3 Å². The molecule has 0 bridgehead atoms. The van der Waals surface area contributed by atoms with Gasteiger partial charge in [0.05, 0.1) is 0 Å². The van der Waals surface area contributed by atoms with E-state index in [1.165, 1.54) is 12.8 Å². The van der Waals surface area contributed by atoms with Crippen LogP contribution in [-0.4, -0.2) is 30.5 Å². The van der Waals surface area contributed by atoms with Crippen molar-refractivity contribution in [1.29, 1.82) is 0 Å². The van der Waals surface area contributed by atoms with Crippen molar-refractivity contribution >= 4 is 5.91 Å². The van der Waals surface area contributed by atoms with E-state index in [1.807, 2.05) is 31.3 Å². The van der Waals surface area contributed by atoms with Crippen LogP contribution in [0.5, 0.6) is 5.75 Å². The monoisotopic (exact) mass is 262 g/mol. The lowest BCUT2D eigenvalue weighted by Gasteiger charge is -2.24. The quantitative estimate of drug-likeness (QED) is 0.850. The minimum absolute atomic E-state index is 0.0299. The van der Waals surface area contributed by atoms with Gasteiger partial charge in [0.25, 0.3) is 5.91 Å². The van der Waals surface area contributed by atoms with Gasteiger partial charge in [-0.15, -0.1) is 0 Å². The summed E-state index contributed by atoms with van der Waals surface area (Å²) in [5, 5.41) is 0. The Balaban J connectivity index is 1.81. The topological polar surface area (TPSA) is 55.6 Å². The lowest BCUT2D eigenvalue weighted by Crippen LogP contribution is -2.39. The summed E-state index contributed by atoms with van der Waals surface area (Å²) in [4.78, 5) is 13.8. The number of benzene rings is 1. The Kier molecular flexibility index (Phi) is 4.43. The van der Waals surface area contributed by atoms with Gasteiger partial charge in [-0.25, -0.2) is 0 Å². The summed E-state index contributed by atoms with van der Waals surface area (Å²) in [6.07, 6.45) is 2.47. The second-order valence-electron chi connectivity index (χ2n) is 5.22. The number of nitrogens with zero attached hydrogens (tertiary/aromatic N) is 1. The molecule has 1 fully saturated rings. The van der Waals surface area contributed by atoms with E-state index >= 15 is 0 Å². The number of amides is 1. The van der Waals surface area contributed by atoms with E-state index in [0.29, 0.717) is 24.3 Å². The summed E-state index contributed by atoms with van der Waals surface area (Å²) in [7, 11) is 1.85. The Morgan fingerprint density at radius 3 is 2.58 bits per heavy atom. The van der Waals surface area contributed by atoms with Crippen LogP contribution in [0.15, 0.2) is 24.3 Å². The smallest absolute Gasteiger partial charge is 0.260 e. The fourth-order valence-electron chi connectivity index (χ4n) is 2.09. The van der Waals surface area contributed by atoms with E-state index in [0.717, 1.165) is 5.56 Å². The zero-order valence-corrected chi connectivity index (χ0v) is 11.6. The van der Waals surface area contributed by atoms with Crippen LogP contribution in [0, 0.1) is 5.92 Å². The third kappa shape index (κ3) is 3.70. The van der Waals surface area contributed by atoms with Crippen LogP contribution in [0.3, 0.4) is 0 Å². The van der Waals surface area contributed by atoms with E-state index in [2.05, 4.69) is 6.92 Å². The van der Waals surface area contributed by atoms with E-state index < -0.39 is 0 Å². The van der Waals surface area contributed by atoms with Gasteiger partial charge in [-0.3, -0.25) is 4.79 Å². The summed E-state index contributed by atoms with van der Waals surface area (Å²) in [5.74, 6) is 1.41. The first kappa shape index (κ1) is 13.9. The number of rotatable bonds is 6. The summed E-state index contributed by atoms with van der Waals surface area (Å²) < 4.78 is 5.51. The maximum Gasteiger partial charge on any atom is 0.260 e. The molecule has 1 unspecified atom stereocenters. The maximum absolute atomic E-state index is 12.0. The molecule has 104 valence electrons. The molecule has 1 saturated carbocycles. The fraction of sp³-hybridized carbons (Fsp3) is 0.533. The second kappa shape index (κ2) is 6.06. The zero-order chi connectivity index (χ0) is 13.8. The average molecular weight is 262 g/mol. The molecule has 19 heavy (non-hydrogen) atoms. The Morgan fingerprint density at radius 2 is 2.05 bits per heavy atom. The normalized spacial score (nSPS) is 15.9. The van der Waals surface area contributed by atoms with Crippen molar-refractivity contribution in [2.75, 3.05) is 13.7 Å². The number of carbonyl (C=O) groups is 1. The van der Waals surface area contributed by atoms with Crippen LogP contribution >= 0.6 is 0 Å². The summed E-state index contributed by atoms with van der Waals surface area (Å²) in [5.41, 5.74) is 6.58. The number of likely N-dealkylation sites (N-methyl/N-ethyl adjacent to an activating group) is 1. The average Bonchev–Trinajstić information content (AvgIpc) is 3.28. The number of hydrogen-bond acceptors (Lipinski definition) is 3. The molecule has 0 aromatic heterocycles. The van der Waals surface area contributed by atoms with Gasteiger partial charge in [0, 0.05) is 19.6 Å². The largest absolute Gasteiger partial charge is 0.484 e. The standard InChI is InChI=1S/C15H22N2O2/c1-11(13-5-6-13)17(2)15(18)10-19-14-7-3-12(9-16)4-8-14/h3-4,7-8,11,13H,5-6,9-10,16H2,1-2H3. The summed E-state index contributed by atoms with van der Waals surface area (Å²) in [6.45, 7) is 2.71. The van der Waals surface area contributed by atoms with Crippen LogP contribution in [0.1, 0.15) is 25.3 Å². The number of carbonyl (C=O) groups excluding carboxylic acids is 1. The van der Waals surface area contributed by atoms with E-state index in [4.69, 9.17) is 10.5 Å². The maximum atomic E-state index is 12.0. The lowest BCUT2D eigenvalue weighted by atomic mass is 10.2. The Morgan fingerprint density at radius 1 is 1.42 bits per heavy atom. The summed E-state index contributed by atoms with van der Waals surface area (Å²) in [6, 6.07) is 7.84. The van der Waals surface area contributed by atoms with Gasteiger partial charge in [0.2, 0.25) is 0 Å². The molecule has 0 heterocycles. The molecular weight excluding hydrogens is 240 g/mol. The van der Waals surface area contributed by atoms with Crippen LogP contribution in [0.2, 0.25) is 0 Å². The predicted molar refractivity (Wildman–Crippen MR) is 74.8 cm³/mol. The Bertz CT molecular complexity index is 426. The van der Waals surface area contributed by atoms with Gasteiger partial charge in [0.1, 0.15) is 5.75 Å². The molecule has 4 nitrogen and oxygen atoms in total. The van der Waals surface area contributed by atoms with Crippen molar-refractivity contribution in [3.63, 3.8) is 0 Å². The van der Waals surface area contributed by atoms with Crippen molar-refractivity contribution in [3.05, 3.63) is 29.8 Å². The van der Waals surface area contributed by atoms with Crippen LogP contribution < -0.4 is 10.5 Å². The first-order valence-electron chi connectivity index (χ1n) is 6.79. The van der Waals surface area contributed by atoms with Gasteiger partial charge in [0.15, 0.2) is 6.61 Å². The van der Waals surface area contributed by atoms with Crippen molar-refractivity contribution in [2.45, 2.75) is 32.4 Å². The molecule has 4 heteroatoms. The molecule has 1 amide bonds. The van der Waals surface area contributed by atoms with Gasteiger partial charge >= 0.3 is 0 Å². The summed E-state index contributed by atoms with van der Waals surface area (Å²) >= 11 is 0. The first-order chi connectivity index (χ1) is 9.11. The van der Waals surface area contributed by atoms with Gasteiger partial charge in [-0.05, 0) is 43.4 Å². The van der Waals surface area contributed by atoms with Crippen LogP contribution in [0.4, 0.5) is 0 Å². The zero-order valence-electron chi connectivity index (χ0n) is 11.6. The number of hydrogen-bond donors (Lipinski definition) is 1. The molecule has 1 atom stereocenters. The van der Waals surface area contributed by atoms with Crippen LogP contribution in [0.25, 0.3) is 0 Å². The molecule has 0 saturated heterocycles. The highest BCUT2D eigenvalue weighted by Crippen LogP contribution is 2.34. The highest BCUT2D eigenvalue weighted by atomic mass is 16.5. The van der Waals surface area contributed by atoms with Crippen molar-refractivity contribution in [1.82, 2.24) is 4.90 Å². The lowest BCUT2D eigenvalue weighted by molar-refractivity contribution is -0.134. The van der Waals surface area contributed by atoms with E-state index in [-0.39, 0.29) is 12.5 Å². The van der Waals surface area contributed by atoms with E-state index in [9.17, 15) is 4.79 Å². The van der Waals surface area contributed by atoms with Crippen molar-refractivity contribution < 1.29 is 9.53 Å². The van der Waals surface area contributed by atoms with Gasteiger partial charge < -0.3 is 15.4 Å². The third-order valence-electron chi connectivity index (χ3n) is 3.83. The van der Waals surface area contributed by atoms with E-state index in [1.54, 1.807) is 4.90 Å². The highest BCUT2D eigenvalue weighted by Gasteiger charge is 2.32. The second-order valence-corrected chi connectivity index (χ2v) is 5.22. The fourth-order valence-corrected chi connectivity index (χ4v) is 2.09. The van der Waals surface area contributed by atoms with Gasteiger partial charge in [-0.1, -0.05) is 12.1 Å². The molecule has 1 aromatic carbocycles. The molecule has 0 radical (unpaired) electrons. The molecule has 2 N–H and O–H groups in total. The minimum atomic E-state index is 0.0299. The van der Waals surface area contributed by atoms with Crippen molar-refractivity contribution in [3.8, 4) is 5.75 Å².